The van der Waals surface area contributed by atoms with Crippen LogP contribution in [0.1, 0.15) is 31.9 Å². The van der Waals surface area contributed by atoms with Crippen LogP contribution in [0.2, 0.25) is 0 Å². The summed E-state index contributed by atoms with van der Waals surface area (Å²) in [6.45, 7) is 4.55. The molecule has 0 amide bonds. The molecule has 0 N–H and O–H groups in total. The van der Waals surface area contributed by atoms with Crippen molar-refractivity contribution in [2.24, 2.45) is 4.99 Å². The van der Waals surface area contributed by atoms with Gasteiger partial charge < -0.3 is 9.64 Å². The average molecular weight is 361 g/mol. The molecule has 1 unspecified atom stereocenters. The smallest absolute Gasteiger partial charge is 0.338 e. The lowest BCUT2D eigenvalue weighted by atomic mass is 9.94. The van der Waals surface area contributed by atoms with Gasteiger partial charge in [0.25, 0.3) is 5.69 Å². The van der Waals surface area contributed by atoms with Crippen LogP contribution >= 0.6 is 11.8 Å². The van der Waals surface area contributed by atoms with Crippen LogP contribution in [0.25, 0.3) is 0 Å². The molecule has 0 bridgehead atoms. The maximum absolute atomic E-state index is 12.6. The highest BCUT2D eigenvalue weighted by Gasteiger charge is 2.38. The summed E-state index contributed by atoms with van der Waals surface area (Å²) in [4.78, 5) is 29.9. The fourth-order valence-corrected chi connectivity index (χ4v) is 4.11. The molecule has 25 heavy (non-hydrogen) atoms. The van der Waals surface area contributed by atoms with Crippen LogP contribution in [0.3, 0.4) is 0 Å². The number of benzene rings is 1. The fraction of sp³-hybridized carbons (Fsp3) is 0.412. The molecule has 2 aliphatic heterocycles. The van der Waals surface area contributed by atoms with Crippen LogP contribution in [0.4, 0.5) is 5.69 Å². The number of rotatable bonds is 4. The lowest BCUT2D eigenvalue weighted by Gasteiger charge is -2.40. The Morgan fingerprint density at radius 2 is 2.32 bits per heavy atom. The minimum absolute atomic E-state index is 0.00656. The standard InChI is InChI=1S/C17H19N3O4S/c1-3-24-16(21)14-11(2)18-17-19(8-5-9-25-17)15(14)12-6-4-7-13(10-12)20(22)23/h4,6-7,10,15H,3,5,8-9H2,1-2H3. The number of non-ortho nitro benzene ring substituents is 1. The highest BCUT2D eigenvalue weighted by Crippen LogP contribution is 2.40. The second-order valence-electron chi connectivity index (χ2n) is 5.76. The Balaban J connectivity index is 2.11. The Kier molecular flexibility index (Phi) is 5.08. The van der Waals surface area contributed by atoms with Gasteiger partial charge in [0, 0.05) is 24.4 Å². The topological polar surface area (TPSA) is 85.0 Å². The van der Waals surface area contributed by atoms with Crippen molar-refractivity contribution in [3.63, 3.8) is 0 Å². The molecular formula is C17H19N3O4S. The second kappa shape index (κ2) is 7.26. The van der Waals surface area contributed by atoms with Crippen LogP contribution in [0, 0.1) is 10.1 Å². The Morgan fingerprint density at radius 3 is 3.04 bits per heavy atom. The van der Waals surface area contributed by atoms with Crippen molar-refractivity contribution in [3.05, 3.63) is 51.2 Å². The van der Waals surface area contributed by atoms with E-state index >= 15 is 0 Å². The van der Waals surface area contributed by atoms with E-state index in [-0.39, 0.29) is 12.3 Å². The number of allylic oxidation sites excluding steroid dienone is 1. The number of hydrogen-bond acceptors (Lipinski definition) is 7. The van der Waals surface area contributed by atoms with Gasteiger partial charge in [-0.15, -0.1) is 0 Å². The van der Waals surface area contributed by atoms with Gasteiger partial charge in [-0.3, -0.25) is 10.1 Å². The lowest BCUT2D eigenvalue weighted by molar-refractivity contribution is -0.384. The molecule has 1 aromatic carbocycles. The van der Waals surface area contributed by atoms with Gasteiger partial charge >= 0.3 is 5.97 Å². The Bertz CT molecular complexity index is 775. The van der Waals surface area contributed by atoms with E-state index in [2.05, 4.69) is 4.99 Å². The summed E-state index contributed by atoms with van der Waals surface area (Å²) >= 11 is 1.64. The number of amidine groups is 1. The number of esters is 1. The van der Waals surface area contributed by atoms with Crippen LogP contribution in [-0.4, -0.2) is 39.9 Å². The molecule has 1 fully saturated rings. The Hall–Kier alpha value is -2.35. The lowest BCUT2D eigenvalue weighted by Crippen LogP contribution is -2.42. The third-order valence-electron chi connectivity index (χ3n) is 4.15. The molecule has 2 aliphatic rings. The summed E-state index contributed by atoms with van der Waals surface area (Å²) in [5.41, 5.74) is 1.77. The SMILES string of the molecule is CCOC(=O)C1=C(C)N=C2SCCCN2C1c1cccc([N+](=O)[O-])c1. The number of carbonyl (C=O) groups is 1. The van der Waals surface area contributed by atoms with E-state index in [0.29, 0.717) is 16.8 Å². The Morgan fingerprint density at radius 1 is 1.52 bits per heavy atom. The van der Waals surface area contributed by atoms with E-state index < -0.39 is 16.9 Å². The summed E-state index contributed by atoms with van der Waals surface area (Å²) in [6, 6.07) is 6.02. The zero-order valence-electron chi connectivity index (χ0n) is 14.1. The van der Waals surface area contributed by atoms with Crippen molar-refractivity contribution < 1.29 is 14.5 Å². The highest BCUT2D eigenvalue weighted by molar-refractivity contribution is 8.13. The van der Waals surface area contributed by atoms with Gasteiger partial charge in [0.05, 0.1) is 28.8 Å². The summed E-state index contributed by atoms with van der Waals surface area (Å²) < 4.78 is 5.23. The van der Waals surface area contributed by atoms with Gasteiger partial charge in [0.15, 0.2) is 5.17 Å². The van der Waals surface area contributed by atoms with Crippen molar-refractivity contribution in [2.75, 3.05) is 18.9 Å². The minimum atomic E-state index is -0.424. The van der Waals surface area contributed by atoms with E-state index in [1.165, 1.54) is 12.1 Å². The predicted molar refractivity (Wildman–Crippen MR) is 96.4 cm³/mol. The quantitative estimate of drug-likeness (QED) is 0.465. The number of hydrogen-bond donors (Lipinski definition) is 0. The van der Waals surface area contributed by atoms with E-state index in [1.807, 2.05) is 11.0 Å². The van der Waals surface area contributed by atoms with Gasteiger partial charge in [-0.2, -0.15) is 0 Å². The van der Waals surface area contributed by atoms with Gasteiger partial charge in [0.2, 0.25) is 0 Å². The molecule has 1 atom stereocenters. The van der Waals surface area contributed by atoms with Crippen molar-refractivity contribution in [1.29, 1.82) is 0 Å². The maximum atomic E-state index is 12.6. The zero-order valence-corrected chi connectivity index (χ0v) is 14.9. The van der Waals surface area contributed by atoms with Crippen molar-refractivity contribution in [2.45, 2.75) is 26.3 Å². The molecule has 8 heteroatoms. The van der Waals surface area contributed by atoms with Gasteiger partial charge in [-0.1, -0.05) is 23.9 Å². The summed E-state index contributed by atoms with van der Waals surface area (Å²) in [7, 11) is 0. The van der Waals surface area contributed by atoms with E-state index in [0.717, 1.165) is 23.9 Å². The second-order valence-corrected chi connectivity index (χ2v) is 6.83. The molecular weight excluding hydrogens is 342 g/mol. The third-order valence-corrected chi connectivity index (χ3v) is 5.23. The number of ether oxygens (including phenoxy) is 1. The number of nitro benzene ring substituents is 1. The van der Waals surface area contributed by atoms with Crippen molar-refractivity contribution in [1.82, 2.24) is 4.90 Å². The van der Waals surface area contributed by atoms with Crippen LogP contribution in [0.5, 0.6) is 0 Å². The van der Waals surface area contributed by atoms with Crippen molar-refractivity contribution in [3.8, 4) is 0 Å². The monoisotopic (exact) mass is 361 g/mol. The molecule has 0 aromatic heterocycles. The van der Waals surface area contributed by atoms with Crippen LogP contribution in [-0.2, 0) is 9.53 Å². The number of fused-ring (bicyclic) bond motifs is 1. The summed E-state index contributed by atoms with van der Waals surface area (Å²) in [5, 5.41) is 12.0. The predicted octanol–water partition coefficient (Wildman–Crippen LogP) is 3.28. The first-order valence-corrected chi connectivity index (χ1v) is 9.12. The number of aliphatic imine (C=N–C) groups is 1. The molecule has 0 saturated carbocycles. The molecule has 7 nitrogen and oxygen atoms in total. The number of nitrogens with zero attached hydrogens (tertiary/aromatic N) is 3. The summed E-state index contributed by atoms with van der Waals surface area (Å²) in [5.74, 6) is 0.550. The largest absolute Gasteiger partial charge is 0.463 e. The van der Waals surface area contributed by atoms with Gasteiger partial charge in [-0.05, 0) is 25.8 Å². The number of carbonyl (C=O) groups excluding carboxylic acids is 1. The highest BCUT2D eigenvalue weighted by atomic mass is 32.2. The third kappa shape index (κ3) is 3.39. The zero-order chi connectivity index (χ0) is 18.0. The van der Waals surface area contributed by atoms with E-state index in [4.69, 9.17) is 4.74 Å². The fourth-order valence-electron chi connectivity index (χ4n) is 3.09. The molecule has 0 radical (unpaired) electrons. The van der Waals surface area contributed by atoms with Crippen LogP contribution < -0.4 is 0 Å². The van der Waals surface area contributed by atoms with Crippen LogP contribution in [0.15, 0.2) is 40.5 Å². The van der Waals surface area contributed by atoms with E-state index in [9.17, 15) is 14.9 Å². The summed E-state index contributed by atoms with van der Waals surface area (Å²) in [6.07, 6.45) is 0.963. The first-order chi connectivity index (χ1) is 12.0. The molecule has 0 spiro atoms. The van der Waals surface area contributed by atoms with Gasteiger partial charge in [0.1, 0.15) is 0 Å². The molecule has 1 saturated heterocycles. The molecule has 132 valence electrons. The number of thioether (sulfide) groups is 1. The number of nitro groups is 1. The first kappa shape index (κ1) is 17.5. The molecule has 1 aromatic rings. The van der Waals surface area contributed by atoms with E-state index in [1.54, 1.807) is 31.7 Å². The molecule has 2 heterocycles. The average Bonchev–Trinajstić information content (AvgIpc) is 2.60. The van der Waals surface area contributed by atoms with Crippen molar-refractivity contribution >= 4 is 28.6 Å². The van der Waals surface area contributed by atoms with Gasteiger partial charge in [-0.25, -0.2) is 9.79 Å². The molecule has 3 rings (SSSR count). The normalized spacial score (nSPS) is 20.0. The minimum Gasteiger partial charge on any atom is -0.463 e. The Labute approximate surface area is 149 Å². The maximum Gasteiger partial charge on any atom is 0.338 e. The first-order valence-electron chi connectivity index (χ1n) is 8.13. The molecule has 0 aliphatic carbocycles.